The molecule has 1 aliphatic heterocycles. The molecule has 2 aromatic rings. The summed E-state index contributed by atoms with van der Waals surface area (Å²) in [4.78, 5) is 18.5. The van der Waals surface area contributed by atoms with E-state index >= 15 is 0 Å². The average molecular weight is 433 g/mol. The summed E-state index contributed by atoms with van der Waals surface area (Å²) in [7, 11) is 1.74. The van der Waals surface area contributed by atoms with Crippen LogP contribution in [0.25, 0.3) is 0 Å². The van der Waals surface area contributed by atoms with Crippen molar-refractivity contribution >= 4 is 18.3 Å². The molecule has 1 amide bonds. The maximum absolute atomic E-state index is 13.6. The van der Waals surface area contributed by atoms with E-state index in [-0.39, 0.29) is 36.1 Å². The van der Waals surface area contributed by atoms with E-state index in [2.05, 4.69) is 10.3 Å². The van der Waals surface area contributed by atoms with Crippen LogP contribution in [0.3, 0.4) is 0 Å². The molecule has 2 fully saturated rings. The van der Waals surface area contributed by atoms with Crippen LogP contribution in [0.5, 0.6) is 0 Å². The van der Waals surface area contributed by atoms with Gasteiger partial charge < -0.3 is 14.8 Å². The third kappa shape index (κ3) is 4.40. The predicted molar refractivity (Wildman–Crippen MR) is 99.9 cm³/mol. The van der Waals surface area contributed by atoms with Gasteiger partial charge in [-0.3, -0.25) is 4.79 Å². The molecule has 1 saturated heterocycles. The monoisotopic (exact) mass is 432 g/mol. The molecule has 10 heteroatoms. The van der Waals surface area contributed by atoms with Gasteiger partial charge in [0.1, 0.15) is 11.5 Å². The number of aryl methyl sites for hydroxylation is 1. The van der Waals surface area contributed by atoms with Crippen LogP contribution in [0.4, 0.5) is 17.6 Å². The number of benzene rings is 1. The molecule has 29 heavy (non-hydrogen) atoms. The van der Waals surface area contributed by atoms with E-state index < -0.39 is 17.6 Å². The Kier molecular flexibility index (Phi) is 5.91. The van der Waals surface area contributed by atoms with Gasteiger partial charge in [-0.25, -0.2) is 9.37 Å². The van der Waals surface area contributed by atoms with Crippen molar-refractivity contribution in [2.75, 3.05) is 19.6 Å². The minimum Gasteiger partial charge on any atom is -0.340 e. The number of hydrogen-bond acceptors (Lipinski definition) is 3. The number of carbonyl (C=O) groups excluding carboxylic acids is 1. The third-order valence-corrected chi connectivity index (χ3v) is 5.62. The number of fused-ring (bicyclic) bond motifs is 1. The van der Waals surface area contributed by atoms with Crippen LogP contribution in [-0.2, 0) is 19.8 Å². The lowest BCUT2D eigenvalue weighted by molar-refractivity contribution is -0.140. The van der Waals surface area contributed by atoms with Gasteiger partial charge in [0, 0.05) is 26.3 Å². The normalized spacial score (nSPS) is 22.7. The molecule has 2 heterocycles. The summed E-state index contributed by atoms with van der Waals surface area (Å²) in [6, 6.07) is 2.87. The van der Waals surface area contributed by atoms with E-state index in [4.69, 9.17) is 0 Å². The SMILES string of the molecule is Cl.Cn1cnc(C(=O)N(Cc2ccc(F)c(C(F)(F)F)c2)CC2C3CNCC32)c1. The molecule has 5 nitrogen and oxygen atoms in total. The van der Waals surface area contributed by atoms with E-state index in [0.29, 0.717) is 24.3 Å². The number of carbonyl (C=O) groups is 1. The van der Waals surface area contributed by atoms with E-state index in [1.54, 1.807) is 17.8 Å². The first kappa shape index (κ1) is 21.6. The van der Waals surface area contributed by atoms with Crippen LogP contribution < -0.4 is 5.32 Å². The molecule has 2 atom stereocenters. The Morgan fingerprint density at radius 2 is 2.00 bits per heavy atom. The zero-order valence-corrected chi connectivity index (χ0v) is 16.4. The predicted octanol–water partition coefficient (Wildman–Crippen LogP) is 3.11. The lowest BCUT2D eigenvalue weighted by Gasteiger charge is -2.23. The molecular formula is C19H21ClF4N4O. The molecule has 1 saturated carbocycles. The summed E-state index contributed by atoms with van der Waals surface area (Å²) in [6.07, 6.45) is -1.70. The first-order chi connectivity index (χ1) is 13.2. The Hall–Kier alpha value is -2.13. The highest BCUT2D eigenvalue weighted by Gasteiger charge is 2.53. The zero-order chi connectivity index (χ0) is 20.1. The average Bonchev–Trinajstić information content (AvgIpc) is 3.01. The number of rotatable bonds is 5. The van der Waals surface area contributed by atoms with Gasteiger partial charge in [0.05, 0.1) is 11.9 Å². The number of nitrogens with zero attached hydrogens (tertiary/aromatic N) is 3. The first-order valence-corrected chi connectivity index (χ1v) is 9.07. The summed E-state index contributed by atoms with van der Waals surface area (Å²) in [5.74, 6) is -0.328. The largest absolute Gasteiger partial charge is 0.419 e. The molecule has 1 aromatic heterocycles. The van der Waals surface area contributed by atoms with Gasteiger partial charge >= 0.3 is 6.18 Å². The fourth-order valence-electron chi connectivity index (χ4n) is 4.08. The number of hydrogen-bond donors (Lipinski definition) is 1. The van der Waals surface area contributed by atoms with Gasteiger partial charge in [-0.05, 0) is 48.5 Å². The molecule has 2 aliphatic rings. The van der Waals surface area contributed by atoms with Crippen molar-refractivity contribution < 1.29 is 22.4 Å². The molecular weight excluding hydrogens is 412 g/mol. The van der Waals surface area contributed by atoms with E-state index in [0.717, 1.165) is 25.2 Å². The smallest absolute Gasteiger partial charge is 0.340 e. The van der Waals surface area contributed by atoms with E-state index in [9.17, 15) is 22.4 Å². The zero-order valence-electron chi connectivity index (χ0n) is 15.6. The summed E-state index contributed by atoms with van der Waals surface area (Å²) in [5, 5.41) is 3.28. The lowest BCUT2D eigenvalue weighted by Crippen LogP contribution is -2.34. The first-order valence-electron chi connectivity index (χ1n) is 9.07. The number of halogens is 5. The Labute approximate surface area is 171 Å². The van der Waals surface area contributed by atoms with Crippen LogP contribution in [0, 0.1) is 23.6 Å². The number of imidazole rings is 1. The van der Waals surface area contributed by atoms with Crippen molar-refractivity contribution in [1.29, 1.82) is 0 Å². The third-order valence-electron chi connectivity index (χ3n) is 5.62. The van der Waals surface area contributed by atoms with Gasteiger partial charge in [-0.15, -0.1) is 12.4 Å². The second-order valence-electron chi connectivity index (χ2n) is 7.57. The number of amides is 1. The maximum atomic E-state index is 13.6. The van der Waals surface area contributed by atoms with Crippen LogP contribution in [-0.4, -0.2) is 40.0 Å². The van der Waals surface area contributed by atoms with E-state index in [1.807, 2.05) is 0 Å². The van der Waals surface area contributed by atoms with Crippen molar-refractivity contribution in [2.24, 2.45) is 24.8 Å². The highest BCUT2D eigenvalue weighted by atomic mass is 35.5. The Morgan fingerprint density at radius 3 is 2.59 bits per heavy atom. The summed E-state index contributed by atoms with van der Waals surface area (Å²) < 4.78 is 54.3. The molecule has 1 aromatic carbocycles. The molecule has 0 bridgehead atoms. The molecule has 1 N–H and O–H groups in total. The Bertz CT molecular complexity index is 891. The van der Waals surface area contributed by atoms with Gasteiger partial charge in [-0.1, -0.05) is 6.07 Å². The van der Waals surface area contributed by atoms with Crippen LogP contribution in [0.1, 0.15) is 21.6 Å². The standard InChI is InChI=1S/C19H20F4N4O.ClH/c1-26-9-17(25-10-26)18(28)27(8-14-12-5-24-6-13(12)14)7-11-2-3-16(20)15(4-11)19(21,22)23;/h2-4,9-10,12-14,24H,5-8H2,1H3;1H. The molecule has 0 spiro atoms. The van der Waals surface area contributed by atoms with Crippen molar-refractivity contribution in [3.8, 4) is 0 Å². The van der Waals surface area contributed by atoms with Crippen molar-refractivity contribution in [3.63, 3.8) is 0 Å². The van der Waals surface area contributed by atoms with Crippen LogP contribution in [0.2, 0.25) is 0 Å². The van der Waals surface area contributed by atoms with Gasteiger partial charge in [-0.2, -0.15) is 13.2 Å². The number of alkyl halides is 3. The Morgan fingerprint density at radius 1 is 1.31 bits per heavy atom. The fraction of sp³-hybridized carbons (Fsp3) is 0.474. The van der Waals surface area contributed by atoms with Gasteiger partial charge in [0.2, 0.25) is 0 Å². The maximum Gasteiger partial charge on any atom is 0.419 e. The molecule has 0 radical (unpaired) electrons. The number of aromatic nitrogens is 2. The molecule has 1 aliphatic carbocycles. The van der Waals surface area contributed by atoms with Crippen LogP contribution in [0.15, 0.2) is 30.7 Å². The quantitative estimate of drug-likeness (QED) is 0.739. The summed E-state index contributed by atoms with van der Waals surface area (Å²) in [6.45, 7) is 2.22. The van der Waals surface area contributed by atoms with E-state index in [1.165, 1.54) is 17.3 Å². The fourth-order valence-corrected chi connectivity index (χ4v) is 4.08. The summed E-state index contributed by atoms with van der Waals surface area (Å²) in [5.41, 5.74) is -0.839. The van der Waals surface area contributed by atoms with Crippen LogP contribution >= 0.6 is 12.4 Å². The highest BCUT2D eigenvalue weighted by Crippen LogP contribution is 2.49. The second-order valence-corrected chi connectivity index (χ2v) is 7.57. The molecule has 4 rings (SSSR count). The molecule has 2 unspecified atom stereocenters. The minimum absolute atomic E-state index is 0. The van der Waals surface area contributed by atoms with Gasteiger partial charge in [0.25, 0.3) is 5.91 Å². The summed E-state index contributed by atoms with van der Waals surface area (Å²) >= 11 is 0. The minimum atomic E-state index is -4.78. The lowest BCUT2D eigenvalue weighted by atomic mass is 10.1. The van der Waals surface area contributed by atoms with Crippen molar-refractivity contribution in [2.45, 2.75) is 12.7 Å². The number of nitrogens with one attached hydrogen (secondary N) is 1. The highest BCUT2D eigenvalue weighted by molar-refractivity contribution is 5.92. The Balaban J connectivity index is 0.00000240. The van der Waals surface area contributed by atoms with Crippen molar-refractivity contribution in [3.05, 3.63) is 53.4 Å². The topological polar surface area (TPSA) is 50.2 Å². The van der Waals surface area contributed by atoms with Crippen molar-refractivity contribution in [1.82, 2.24) is 19.8 Å². The molecule has 158 valence electrons. The second kappa shape index (κ2) is 7.95. The van der Waals surface area contributed by atoms with Gasteiger partial charge in [0.15, 0.2) is 0 Å². The number of piperidine rings is 1.